The fourth-order valence-electron chi connectivity index (χ4n) is 5.41. The fraction of sp³-hybridized carbons (Fsp3) is 0.476. The number of aliphatic hydroxyl groups excluding tert-OH is 3. The molecule has 1 fully saturated rings. The number of aliphatic hydroxyl groups is 4. The first-order valence-corrected chi connectivity index (χ1v) is 9.67. The molecule has 3 aliphatic carbocycles. The first-order valence-electron chi connectivity index (χ1n) is 9.67. The van der Waals surface area contributed by atoms with Crippen LogP contribution < -0.4 is 5.73 Å². The van der Waals surface area contributed by atoms with Gasteiger partial charge in [0, 0.05) is 17.4 Å². The number of benzene rings is 1. The Labute approximate surface area is 171 Å². The van der Waals surface area contributed by atoms with Crippen LogP contribution in [0.15, 0.2) is 23.5 Å². The van der Waals surface area contributed by atoms with Crippen LogP contribution in [-0.2, 0) is 9.59 Å². The number of amides is 1. The maximum atomic E-state index is 13.3. The molecule has 9 nitrogen and oxygen atoms in total. The number of phenols is 1. The van der Waals surface area contributed by atoms with Crippen molar-refractivity contribution in [2.45, 2.75) is 44.0 Å². The third kappa shape index (κ3) is 2.31. The van der Waals surface area contributed by atoms with Gasteiger partial charge in [0.25, 0.3) is 0 Å². The van der Waals surface area contributed by atoms with Gasteiger partial charge in [0.2, 0.25) is 5.91 Å². The molecule has 1 saturated carbocycles. The van der Waals surface area contributed by atoms with Crippen molar-refractivity contribution in [3.8, 4) is 5.75 Å². The summed E-state index contributed by atoms with van der Waals surface area (Å²) in [6.45, 7) is 3.29. The lowest BCUT2D eigenvalue weighted by atomic mass is 9.54. The van der Waals surface area contributed by atoms with Gasteiger partial charge in [0.15, 0.2) is 17.2 Å². The van der Waals surface area contributed by atoms with E-state index in [2.05, 4.69) is 0 Å². The number of rotatable bonds is 1. The SMILES string of the molecule is Cc1ccc2c(c1O)C(=O)C1=C(O)[C@]3(O)C(=O)C(C(N)=O)C(O)C[C@@H]3[C@@H](O)[C@@H]1[C@H]2C. The summed E-state index contributed by atoms with van der Waals surface area (Å²) in [6, 6.07) is 3.28. The number of primary amides is 1. The van der Waals surface area contributed by atoms with Crippen LogP contribution in [0.3, 0.4) is 0 Å². The third-order valence-corrected chi connectivity index (χ3v) is 7.02. The molecular formula is C21H23NO8. The number of Topliss-reactive ketones (excluding diaryl/α,β-unsaturated/α-hetero) is 2. The minimum absolute atomic E-state index is 0.0655. The van der Waals surface area contributed by atoms with Crippen LogP contribution in [0.1, 0.15) is 40.7 Å². The van der Waals surface area contributed by atoms with Crippen molar-refractivity contribution in [2.75, 3.05) is 0 Å². The molecule has 2 unspecified atom stereocenters. The van der Waals surface area contributed by atoms with Gasteiger partial charge in [0.05, 0.1) is 17.8 Å². The van der Waals surface area contributed by atoms with E-state index in [0.717, 1.165) is 0 Å². The number of fused-ring (bicyclic) bond motifs is 3. The molecule has 0 heterocycles. The van der Waals surface area contributed by atoms with Crippen LogP contribution in [0.2, 0.25) is 0 Å². The molecule has 1 aromatic rings. The molecule has 3 aliphatic rings. The summed E-state index contributed by atoms with van der Waals surface area (Å²) in [5.41, 5.74) is 2.89. The van der Waals surface area contributed by atoms with Crippen LogP contribution >= 0.6 is 0 Å². The quantitative estimate of drug-likeness (QED) is 0.334. The van der Waals surface area contributed by atoms with E-state index in [1.54, 1.807) is 26.0 Å². The predicted octanol–water partition coefficient (Wildman–Crippen LogP) is -0.414. The maximum Gasteiger partial charge on any atom is 0.230 e. The first kappa shape index (κ1) is 20.5. The molecule has 7 atom stereocenters. The van der Waals surface area contributed by atoms with E-state index in [4.69, 9.17) is 5.73 Å². The Morgan fingerprint density at radius 1 is 1.20 bits per heavy atom. The highest BCUT2D eigenvalue weighted by molar-refractivity contribution is 6.16. The van der Waals surface area contributed by atoms with Crippen molar-refractivity contribution >= 4 is 17.5 Å². The van der Waals surface area contributed by atoms with Crippen molar-refractivity contribution in [1.29, 1.82) is 0 Å². The number of aryl methyl sites for hydroxylation is 1. The van der Waals surface area contributed by atoms with Crippen molar-refractivity contribution in [3.63, 3.8) is 0 Å². The Bertz CT molecular complexity index is 1030. The van der Waals surface area contributed by atoms with Crippen LogP contribution in [0.25, 0.3) is 0 Å². The monoisotopic (exact) mass is 417 g/mol. The highest BCUT2D eigenvalue weighted by Gasteiger charge is 2.65. The standard InChI is InChI=1S/C21H23NO8/c1-6-3-4-8-7(2)11-14(17(26)12(8)15(6)24)19(28)21(30)9(16(11)25)5-10(23)13(18(21)27)20(22)29/h3-4,7,9-11,13,16,23-25,28,30H,5H2,1-2H3,(H2,22,29)/t7-,9+,10?,11+,13?,16+,21+/m0/s1. The Balaban J connectivity index is 1.98. The van der Waals surface area contributed by atoms with Gasteiger partial charge in [-0.05, 0) is 30.4 Å². The van der Waals surface area contributed by atoms with E-state index in [1.165, 1.54) is 0 Å². The smallest absolute Gasteiger partial charge is 0.230 e. The van der Waals surface area contributed by atoms with Gasteiger partial charge >= 0.3 is 0 Å². The summed E-state index contributed by atoms with van der Waals surface area (Å²) in [4.78, 5) is 37.9. The molecule has 4 rings (SSSR count). The van der Waals surface area contributed by atoms with Gasteiger partial charge in [-0.3, -0.25) is 14.4 Å². The molecule has 1 amide bonds. The van der Waals surface area contributed by atoms with Crippen molar-refractivity contribution < 1.29 is 39.9 Å². The van der Waals surface area contributed by atoms with Crippen molar-refractivity contribution in [3.05, 3.63) is 40.2 Å². The van der Waals surface area contributed by atoms with Crippen LogP contribution in [0, 0.1) is 24.7 Å². The molecule has 30 heavy (non-hydrogen) atoms. The number of ketones is 2. The number of hydrogen-bond acceptors (Lipinski definition) is 8. The summed E-state index contributed by atoms with van der Waals surface area (Å²) in [7, 11) is 0. The highest BCUT2D eigenvalue weighted by atomic mass is 16.4. The van der Waals surface area contributed by atoms with E-state index in [1.807, 2.05) is 0 Å². The second kappa shape index (κ2) is 6.37. The molecule has 0 aliphatic heterocycles. The zero-order valence-electron chi connectivity index (χ0n) is 16.4. The number of nitrogens with two attached hydrogens (primary N) is 1. The number of aromatic hydroxyl groups is 1. The molecule has 0 bridgehead atoms. The largest absolute Gasteiger partial charge is 0.508 e. The lowest BCUT2D eigenvalue weighted by Crippen LogP contribution is -2.67. The van der Waals surface area contributed by atoms with Crippen LogP contribution in [-0.4, -0.2) is 60.8 Å². The molecule has 0 aromatic heterocycles. The topological polar surface area (TPSA) is 178 Å². The summed E-state index contributed by atoms with van der Waals surface area (Å²) in [6.07, 6.45) is -3.40. The van der Waals surface area contributed by atoms with Gasteiger partial charge < -0.3 is 31.3 Å². The molecule has 9 heteroatoms. The summed E-state index contributed by atoms with van der Waals surface area (Å²) in [5, 5.41) is 54.0. The highest BCUT2D eigenvalue weighted by Crippen LogP contribution is 2.55. The van der Waals surface area contributed by atoms with Gasteiger partial charge in [-0.15, -0.1) is 0 Å². The fourth-order valence-corrected chi connectivity index (χ4v) is 5.41. The molecular weight excluding hydrogens is 394 g/mol. The summed E-state index contributed by atoms with van der Waals surface area (Å²) >= 11 is 0. The van der Waals surface area contributed by atoms with Gasteiger partial charge in [0.1, 0.15) is 17.4 Å². The Kier molecular flexibility index (Phi) is 4.36. The number of phenolic OH excluding ortho intramolecular Hbond substituents is 1. The number of carbonyl (C=O) groups excluding carboxylic acids is 3. The lowest BCUT2D eigenvalue weighted by Gasteiger charge is -2.52. The Morgan fingerprint density at radius 3 is 2.43 bits per heavy atom. The van der Waals surface area contributed by atoms with Crippen molar-refractivity contribution in [2.24, 2.45) is 23.5 Å². The van der Waals surface area contributed by atoms with Crippen LogP contribution in [0.5, 0.6) is 5.75 Å². The molecule has 0 saturated heterocycles. The van der Waals surface area contributed by atoms with E-state index < -0.39 is 64.7 Å². The van der Waals surface area contributed by atoms with Gasteiger partial charge in [-0.2, -0.15) is 0 Å². The van der Waals surface area contributed by atoms with Crippen molar-refractivity contribution in [1.82, 2.24) is 0 Å². The second-order valence-corrected chi connectivity index (χ2v) is 8.51. The third-order valence-electron chi connectivity index (χ3n) is 7.02. The zero-order chi connectivity index (χ0) is 22.3. The normalized spacial score (nSPS) is 38.0. The predicted molar refractivity (Wildman–Crippen MR) is 101 cm³/mol. The van der Waals surface area contributed by atoms with E-state index in [-0.39, 0.29) is 23.3 Å². The van der Waals surface area contributed by atoms with Gasteiger partial charge in [-0.25, -0.2) is 0 Å². The minimum atomic E-state index is -2.75. The number of hydrogen-bond donors (Lipinski definition) is 6. The van der Waals surface area contributed by atoms with E-state index >= 15 is 0 Å². The van der Waals surface area contributed by atoms with Crippen LogP contribution in [0.4, 0.5) is 0 Å². The Hall–Kier alpha value is -2.75. The first-order chi connectivity index (χ1) is 13.9. The summed E-state index contributed by atoms with van der Waals surface area (Å²) < 4.78 is 0. The minimum Gasteiger partial charge on any atom is -0.508 e. The average Bonchev–Trinajstić information content (AvgIpc) is 2.67. The van der Waals surface area contributed by atoms with E-state index in [9.17, 15) is 39.9 Å². The number of carbonyl (C=O) groups is 3. The van der Waals surface area contributed by atoms with E-state index in [0.29, 0.717) is 11.1 Å². The second-order valence-electron chi connectivity index (χ2n) is 8.51. The molecule has 0 radical (unpaired) electrons. The lowest BCUT2D eigenvalue weighted by molar-refractivity contribution is -0.179. The maximum absolute atomic E-state index is 13.3. The molecule has 7 N–H and O–H groups in total. The molecule has 1 aromatic carbocycles. The molecule has 0 spiro atoms. The molecule has 160 valence electrons. The average molecular weight is 417 g/mol. The summed E-state index contributed by atoms with van der Waals surface area (Å²) in [5.74, 6) is -9.19. The zero-order valence-corrected chi connectivity index (χ0v) is 16.4. The Morgan fingerprint density at radius 2 is 1.83 bits per heavy atom. The van der Waals surface area contributed by atoms with Gasteiger partial charge in [-0.1, -0.05) is 19.1 Å².